The van der Waals surface area contributed by atoms with Gasteiger partial charge in [-0.2, -0.15) is 4.98 Å². The highest BCUT2D eigenvalue weighted by Crippen LogP contribution is 2.39. The number of carbonyl (C=O) groups excluding carboxylic acids is 1. The quantitative estimate of drug-likeness (QED) is 0.229. The summed E-state index contributed by atoms with van der Waals surface area (Å²) in [5.74, 6) is -0.0489. The van der Waals surface area contributed by atoms with Gasteiger partial charge in [0, 0.05) is 18.3 Å². The summed E-state index contributed by atoms with van der Waals surface area (Å²) in [5.41, 5.74) is 0.293. The molecule has 4 rings (SSSR count). The minimum absolute atomic E-state index is 0.0564. The Morgan fingerprint density at radius 3 is 2.24 bits per heavy atom. The highest BCUT2D eigenvalue weighted by molar-refractivity contribution is 6.99. The second-order valence-corrected chi connectivity index (χ2v) is 15.1. The van der Waals surface area contributed by atoms with Crippen molar-refractivity contribution < 1.29 is 14.0 Å². The van der Waals surface area contributed by atoms with Gasteiger partial charge in [-0.25, -0.2) is 9.78 Å². The SMILES string of the molecule is CCOC(=O)c1cnc(Cl)nc1NC1CCCC(O[Si](c2ccccc2)(c2ccccc2)C(C)(C)C)C1. The molecule has 1 heterocycles. The maximum atomic E-state index is 12.5. The van der Waals surface area contributed by atoms with Gasteiger partial charge in [0.25, 0.3) is 8.32 Å². The lowest BCUT2D eigenvalue weighted by molar-refractivity contribution is 0.0526. The van der Waals surface area contributed by atoms with E-state index in [4.69, 9.17) is 20.8 Å². The molecule has 2 aromatic carbocycles. The first-order valence-electron chi connectivity index (χ1n) is 13.0. The molecule has 0 radical (unpaired) electrons. The van der Waals surface area contributed by atoms with Crippen molar-refractivity contribution in [2.75, 3.05) is 11.9 Å². The molecule has 6 nitrogen and oxygen atoms in total. The van der Waals surface area contributed by atoms with Crippen LogP contribution in [0.2, 0.25) is 10.3 Å². The second kappa shape index (κ2) is 11.8. The third-order valence-electron chi connectivity index (χ3n) is 6.98. The van der Waals surface area contributed by atoms with Crippen LogP contribution in [0.4, 0.5) is 5.82 Å². The summed E-state index contributed by atoms with van der Waals surface area (Å²) >= 11 is 6.08. The monoisotopic (exact) mass is 537 g/mol. The molecule has 1 aliphatic carbocycles. The van der Waals surface area contributed by atoms with Gasteiger partial charge in [0.2, 0.25) is 5.28 Å². The van der Waals surface area contributed by atoms with Gasteiger partial charge in [0.05, 0.1) is 6.61 Å². The van der Waals surface area contributed by atoms with E-state index in [1.54, 1.807) is 6.92 Å². The molecule has 0 bridgehead atoms. The van der Waals surface area contributed by atoms with E-state index in [2.05, 4.69) is 96.7 Å². The van der Waals surface area contributed by atoms with E-state index in [-0.39, 0.29) is 29.1 Å². The van der Waals surface area contributed by atoms with Crippen LogP contribution in [-0.4, -0.2) is 43.0 Å². The van der Waals surface area contributed by atoms with Gasteiger partial charge < -0.3 is 14.5 Å². The van der Waals surface area contributed by atoms with Crippen LogP contribution in [0, 0.1) is 0 Å². The highest BCUT2D eigenvalue weighted by Gasteiger charge is 2.51. The van der Waals surface area contributed by atoms with Crippen LogP contribution in [0.1, 0.15) is 63.7 Å². The number of nitrogens with one attached hydrogen (secondary N) is 1. The molecule has 2 atom stereocenters. The fourth-order valence-electron chi connectivity index (χ4n) is 5.35. The second-order valence-electron chi connectivity index (χ2n) is 10.5. The van der Waals surface area contributed by atoms with E-state index in [9.17, 15) is 4.79 Å². The predicted molar refractivity (Wildman–Crippen MR) is 151 cm³/mol. The van der Waals surface area contributed by atoms with Crippen LogP contribution in [-0.2, 0) is 9.16 Å². The van der Waals surface area contributed by atoms with Crippen molar-refractivity contribution in [3.63, 3.8) is 0 Å². The fraction of sp³-hybridized carbons (Fsp3) is 0.414. The molecule has 8 heteroatoms. The number of ether oxygens (including phenoxy) is 1. The Morgan fingerprint density at radius 2 is 1.68 bits per heavy atom. The number of carbonyl (C=O) groups is 1. The Morgan fingerprint density at radius 1 is 1.05 bits per heavy atom. The van der Waals surface area contributed by atoms with E-state index >= 15 is 0 Å². The van der Waals surface area contributed by atoms with Gasteiger partial charge in [-0.3, -0.25) is 0 Å². The molecule has 0 saturated heterocycles. The number of aromatic nitrogens is 2. The Balaban J connectivity index is 1.64. The predicted octanol–water partition coefficient (Wildman–Crippen LogP) is 5.61. The van der Waals surface area contributed by atoms with Crippen LogP contribution in [0.15, 0.2) is 66.9 Å². The number of halogens is 1. The lowest BCUT2D eigenvalue weighted by Gasteiger charge is -2.46. The third kappa shape index (κ3) is 6.05. The molecule has 1 N–H and O–H groups in total. The van der Waals surface area contributed by atoms with Crippen LogP contribution >= 0.6 is 11.6 Å². The van der Waals surface area contributed by atoms with E-state index in [1.165, 1.54) is 16.6 Å². The number of nitrogens with zero attached hydrogens (tertiary/aromatic N) is 2. The van der Waals surface area contributed by atoms with Crippen molar-refractivity contribution in [1.82, 2.24) is 9.97 Å². The molecular formula is C29H36ClN3O3Si. The third-order valence-corrected chi connectivity index (χ3v) is 12.3. The van der Waals surface area contributed by atoms with E-state index < -0.39 is 14.3 Å². The number of anilines is 1. The minimum atomic E-state index is -2.66. The Bertz CT molecular complexity index is 1150. The van der Waals surface area contributed by atoms with Crippen molar-refractivity contribution >= 4 is 42.1 Å². The molecule has 0 spiro atoms. The Labute approximate surface area is 225 Å². The first-order chi connectivity index (χ1) is 17.7. The molecule has 37 heavy (non-hydrogen) atoms. The normalized spacial score (nSPS) is 18.3. The fourth-order valence-corrected chi connectivity index (χ4v) is 10.2. The molecule has 1 aliphatic rings. The van der Waals surface area contributed by atoms with Gasteiger partial charge >= 0.3 is 5.97 Å². The summed E-state index contributed by atoms with van der Waals surface area (Å²) < 4.78 is 12.6. The summed E-state index contributed by atoms with van der Waals surface area (Å²) in [5, 5.41) is 6.01. The molecule has 1 aromatic heterocycles. The first-order valence-corrected chi connectivity index (χ1v) is 15.3. The van der Waals surface area contributed by atoms with E-state index in [0.29, 0.717) is 11.4 Å². The number of hydrogen-bond donors (Lipinski definition) is 1. The van der Waals surface area contributed by atoms with Crippen LogP contribution in [0.5, 0.6) is 0 Å². The zero-order valence-corrected chi connectivity index (χ0v) is 23.8. The maximum Gasteiger partial charge on any atom is 0.343 e. The van der Waals surface area contributed by atoms with Crippen molar-refractivity contribution in [1.29, 1.82) is 0 Å². The molecule has 0 aliphatic heterocycles. The zero-order chi connectivity index (χ0) is 26.5. The summed E-state index contributed by atoms with van der Waals surface area (Å²) in [4.78, 5) is 20.8. The van der Waals surface area contributed by atoms with E-state index in [0.717, 1.165) is 25.7 Å². The minimum Gasteiger partial charge on any atom is -0.462 e. The molecule has 196 valence electrons. The maximum absolute atomic E-state index is 12.5. The molecule has 2 unspecified atom stereocenters. The van der Waals surface area contributed by atoms with Crippen molar-refractivity contribution in [2.45, 2.75) is 70.6 Å². The number of rotatable bonds is 8. The summed E-state index contributed by atoms with van der Waals surface area (Å²) in [6.07, 6.45) is 5.22. The molecule has 1 saturated carbocycles. The largest absolute Gasteiger partial charge is 0.462 e. The van der Waals surface area contributed by atoms with Crippen molar-refractivity contribution in [3.8, 4) is 0 Å². The van der Waals surface area contributed by atoms with Gasteiger partial charge in [-0.05, 0) is 59.6 Å². The summed E-state index contributed by atoms with van der Waals surface area (Å²) in [6.45, 7) is 8.94. The van der Waals surface area contributed by atoms with Crippen molar-refractivity contribution in [3.05, 3.63) is 77.7 Å². The Hall–Kier alpha value is -2.74. The van der Waals surface area contributed by atoms with Gasteiger partial charge in [-0.1, -0.05) is 81.4 Å². The van der Waals surface area contributed by atoms with Gasteiger partial charge in [-0.15, -0.1) is 0 Å². The number of benzene rings is 2. The molecule has 0 amide bonds. The van der Waals surface area contributed by atoms with E-state index in [1.807, 2.05) is 0 Å². The standard InChI is InChI=1S/C29H36ClN3O3Si/c1-5-35-27(34)25-20-31-28(30)33-26(25)32-21-13-12-14-22(19-21)36-37(29(2,3)4,23-15-8-6-9-16-23)24-17-10-7-11-18-24/h6-11,15-18,20-22H,5,12-14,19H2,1-4H3,(H,31,32,33). The first kappa shape index (κ1) is 27.3. The summed E-state index contributed by atoms with van der Waals surface area (Å²) in [6, 6.07) is 21.5. The number of esters is 1. The lowest BCUT2D eigenvalue weighted by atomic mass is 9.93. The van der Waals surface area contributed by atoms with Crippen LogP contribution in [0.25, 0.3) is 0 Å². The number of hydrogen-bond acceptors (Lipinski definition) is 6. The average Bonchev–Trinajstić information content (AvgIpc) is 2.88. The Kier molecular flexibility index (Phi) is 8.67. The van der Waals surface area contributed by atoms with Crippen LogP contribution in [0.3, 0.4) is 0 Å². The topological polar surface area (TPSA) is 73.3 Å². The average molecular weight is 538 g/mol. The van der Waals surface area contributed by atoms with Gasteiger partial charge in [0.15, 0.2) is 0 Å². The zero-order valence-electron chi connectivity index (χ0n) is 22.0. The van der Waals surface area contributed by atoms with Crippen LogP contribution < -0.4 is 15.7 Å². The molecular weight excluding hydrogens is 502 g/mol. The lowest BCUT2D eigenvalue weighted by Crippen LogP contribution is -2.68. The molecule has 1 fully saturated rings. The smallest absolute Gasteiger partial charge is 0.343 e. The van der Waals surface area contributed by atoms with Gasteiger partial charge in [0.1, 0.15) is 11.4 Å². The highest BCUT2D eigenvalue weighted by atomic mass is 35.5. The summed E-state index contributed by atoms with van der Waals surface area (Å²) in [7, 11) is -2.66. The van der Waals surface area contributed by atoms with Crippen molar-refractivity contribution in [2.24, 2.45) is 0 Å². The molecule has 3 aromatic rings.